The van der Waals surface area contributed by atoms with E-state index in [0.717, 1.165) is 18.5 Å². The number of likely N-dealkylation sites (tertiary alicyclic amines) is 1. The number of nitrogens with zero attached hydrogens (tertiary/aromatic N) is 1. The lowest BCUT2D eigenvalue weighted by Crippen LogP contribution is -2.38. The van der Waals surface area contributed by atoms with Crippen LogP contribution in [0.15, 0.2) is 42.5 Å². The van der Waals surface area contributed by atoms with Gasteiger partial charge in [-0.15, -0.1) is 0 Å². The van der Waals surface area contributed by atoms with Crippen LogP contribution in [0.3, 0.4) is 0 Å². The van der Waals surface area contributed by atoms with Crippen molar-refractivity contribution in [3.8, 4) is 0 Å². The minimum absolute atomic E-state index is 0.165. The zero-order valence-electron chi connectivity index (χ0n) is 10.9. The quantitative estimate of drug-likeness (QED) is 0.830. The Labute approximate surface area is 108 Å². The van der Waals surface area contributed by atoms with Crippen molar-refractivity contribution in [2.45, 2.75) is 25.0 Å². The first-order valence-corrected chi connectivity index (χ1v) is 6.53. The third-order valence-electron chi connectivity index (χ3n) is 4.45. The Morgan fingerprint density at radius 3 is 2.56 bits per heavy atom. The van der Waals surface area contributed by atoms with Crippen molar-refractivity contribution >= 4 is 10.8 Å². The molecular formula is C16H19NO. The van der Waals surface area contributed by atoms with Gasteiger partial charge < -0.3 is 10.0 Å². The van der Waals surface area contributed by atoms with E-state index in [4.69, 9.17) is 0 Å². The zero-order chi connectivity index (χ0) is 12.8. The molecule has 94 valence electrons. The second-order valence-corrected chi connectivity index (χ2v) is 5.39. The van der Waals surface area contributed by atoms with Gasteiger partial charge in [0.15, 0.2) is 0 Å². The summed E-state index contributed by atoms with van der Waals surface area (Å²) in [6.45, 7) is 3.05. The molecule has 18 heavy (non-hydrogen) atoms. The summed E-state index contributed by atoms with van der Waals surface area (Å²) in [6, 6.07) is 14.8. The van der Waals surface area contributed by atoms with Crippen molar-refractivity contribution in [2.24, 2.45) is 0 Å². The van der Waals surface area contributed by atoms with E-state index in [1.54, 1.807) is 0 Å². The zero-order valence-corrected chi connectivity index (χ0v) is 10.9. The van der Waals surface area contributed by atoms with E-state index < -0.39 is 5.60 Å². The third-order valence-corrected chi connectivity index (χ3v) is 4.45. The smallest absolute Gasteiger partial charge is 0.106 e. The normalized spacial score (nSPS) is 28.9. The van der Waals surface area contributed by atoms with Crippen LogP contribution in [0.2, 0.25) is 0 Å². The first-order chi connectivity index (χ1) is 8.61. The molecule has 0 unspecified atom stereocenters. The van der Waals surface area contributed by atoms with Crippen LogP contribution in [0.1, 0.15) is 18.9 Å². The summed E-state index contributed by atoms with van der Waals surface area (Å²) < 4.78 is 0. The van der Waals surface area contributed by atoms with Crippen LogP contribution < -0.4 is 0 Å². The monoisotopic (exact) mass is 241 g/mol. The molecule has 2 aromatic rings. The molecule has 1 aliphatic rings. The van der Waals surface area contributed by atoms with Gasteiger partial charge in [-0.3, -0.25) is 0 Å². The van der Waals surface area contributed by atoms with Crippen LogP contribution >= 0.6 is 0 Å². The van der Waals surface area contributed by atoms with Crippen molar-refractivity contribution < 1.29 is 5.11 Å². The van der Waals surface area contributed by atoms with Gasteiger partial charge in [0.25, 0.3) is 0 Å². The number of hydrogen-bond donors (Lipinski definition) is 1. The molecule has 2 aromatic carbocycles. The summed E-state index contributed by atoms with van der Waals surface area (Å²) in [7, 11) is 2.07. The molecule has 2 nitrogen and oxygen atoms in total. The van der Waals surface area contributed by atoms with E-state index in [0.29, 0.717) is 0 Å². The van der Waals surface area contributed by atoms with E-state index in [1.165, 1.54) is 10.8 Å². The lowest BCUT2D eigenvalue weighted by Gasteiger charge is -2.30. The largest absolute Gasteiger partial charge is 0.383 e. The fourth-order valence-electron chi connectivity index (χ4n) is 2.96. The molecule has 2 heteroatoms. The Balaban J connectivity index is 2.09. The van der Waals surface area contributed by atoms with Gasteiger partial charge in [-0.2, -0.15) is 0 Å². The van der Waals surface area contributed by atoms with Crippen LogP contribution in [0, 0.1) is 0 Å². The van der Waals surface area contributed by atoms with Crippen LogP contribution in [0.5, 0.6) is 0 Å². The maximum Gasteiger partial charge on any atom is 0.106 e. The Bertz CT molecular complexity index is 580. The highest BCUT2D eigenvalue weighted by Gasteiger charge is 2.42. The Hall–Kier alpha value is -1.38. The molecular weight excluding hydrogens is 222 g/mol. The van der Waals surface area contributed by atoms with Gasteiger partial charge >= 0.3 is 0 Å². The molecule has 0 spiro atoms. The van der Waals surface area contributed by atoms with Crippen molar-refractivity contribution in [1.29, 1.82) is 0 Å². The molecule has 3 rings (SSSR count). The van der Waals surface area contributed by atoms with Crippen LogP contribution in [0.4, 0.5) is 0 Å². The molecule has 1 N–H and O–H groups in total. The van der Waals surface area contributed by atoms with E-state index in [1.807, 2.05) is 12.1 Å². The summed E-state index contributed by atoms with van der Waals surface area (Å²) >= 11 is 0. The van der Waals surface area contributed by atoms with Gasteiger partial charge in [0, 0.05) is 12.6 Å². The molecule has 1 saturated heterocycles. The van der Waals surface area contributed by atoms with Crippen molar-refractivity contribution in [2.75, 3.05) is 13.6 Å². The van der Waals surface area contributed by atoms with E-state index in [9.17, 15) is 5.11 Å². The summed E-state index contributed by atoms with van der Waals surface area (Å²) in [6.07, 6.45) is 0.809. The van der Waals surface area contributed by atoms with Crippen LogP contribution in [-0.2, 0) is 5.60 Å². The maximum absolute atomic E-state index is 10.9. The van der Waals surface area contributed by atoms with E-state index in [2.05, 4.69) is 49.2 Å². The van der Waals surface area contributed by atoms with E-state index >= 15 is 0 Å². The molecule has 2 atom stereocenters. The molecule has 0 bridgehead atoms. The number of hydrogen-bond acceptors (Lipinski definition) is 2. The SMILES string of the molecule is C[C@@H]1N(C)CC[C@@]1(O)c1ccc2ccccc2c1. The second kappa shape index (κ2) is 4.08. The standard InChI is InChI=1S/C16H19NO/c1-12-16(18,9-10-17(12)2)15-8-7-13-5-3-4-6-14(13)11-15/h3-8,11-12,18H,9-10H2,1-2H3/t12-,16-/m0/s1. The van der Waals surface area contributed by atoms with Gasteiger partial charge in [0.1, 0.15) is 5.60 Å². The molecule has 0 aromatic heterocycles. The topological polar surface area (TPSA) is 23.5 Å². The minimum atomic E-state index is -0.710. The maximum atomic E-state index is 10.9. The van der Waals surface area contributed by atoms with Gasteiger partial charge in [-0.05, 0) is 42.8 Å². The molecule has 1 heterocycles. The van der Waals surface area contributed by atoms with Crippen LogP contribution in [0.25, 0.3) is 10.8 Å². The summed E-state index contributed by atoms with van der Waals surface area (Å²) in [5.74, 6) is 0. The molecule has 0 amide bonds. The number of rotatable bonds is 1. The van der Waals surface area contributed by atoms with Gasteiger partial charge in [0.05, 0.1) is 0 Å². The predicted octanol–water partition coefficient (Wildman–Crippen LogP) is 2.75. The summed E-state index contributed by atoms with van der Waals surface area (Å²) in [5, 5.41) is 13.3. The molecule has 0 saturated carbocycles. The van der Waals surface area contributed by atoms with Gasteiger partial charge in [-0.1, -0.05) is 36.4 Å². The number of benzene rings is 2. The summed E-state index contributed by atoms with van der Waals surface area (Å²) in [4.78, 5) is 2.22. The Morgan fingerprint density at radius 2 is 1.89 bits per heavy atom. The highest BCUT2D eigenvalue weighted by atomic mass is 16.3. The highest BCUT2D eigenvalue weighted by Crippen LogP contribution is 2.37. The average molecular weight is 241 g/mol. The minimum Gasteiger partial charge on any atom is -0.383 e. The number of likely N-dealkylation sites (N-methyl/N-ethyl adjacent to an activating group) is 1. The molecule has 1 aliphatic heterocycles. The van der Waals surface area contributed by atoms with Crippen molar-refractivity contribution in [3.63, 3.8) is 0 Å². The first kappa shape index (κ1) is 11.7. The third kappa shape index (κ3) is 1.64. The average Bonchev–Trinajstić information content (AvgIpc) is 2.67. The lowest BCUT2D eigenvalue weighted by molar-refractivity contribution is 0.0110. The molecule has 1 fully saturated rings. The van der Waals surface area contributed by atoms with Crippen molar-refractivity contribution in [3.05, 3.63) is 48.0 Å². The first-order valence-electron chi connectivity index (χ1n) is 6.53. The number of fused-ring (bicyclic) bond motifs is 1. The summed E-state index contributed by atoms with van der Waals surface area (Å²) in [5.41, 5.74) is 0.330. The fourth-order valence-corrected chi connectivity index (χ4v) is 2.96. The Morgan fingerprint density at radius 1 is 1.17 bits per heavy atom. The highest BCUT2D eigenvalue weighted by molar-refractivity contribution is 5.83. The van der Waals surface area contributed by atoms with Crippen molar-refractivity contribution in [1.82, 2.24) is 4.90 Å². The molecule has 0 aliphatic carbocycles. The Kier molecular flexibility index (Phi) is 2.65. The predicted molar refractivity (Wildman–Crippen MR) is 74.6 cm³/mol. The molecule has 0 radical (unpaired) electrons. The van der Waals surface area contributed by atoms with E-state index in [-0.39, 0.29) is 6.04 Å². The fraction of sp³-hybridized carbons (Fsp3) is 0.375. The van der Waals surface area contributed by atoms with Crippen LogP contribution in [-0.4, -0.2) is 29.6 Å². The second-order valence-electron chi connectivity index (χ2n) is 5.39. The number of aliphatic hydroxyl groups is 1. The van der Waals surface area contributed by atoms with Gasteiger partial charge in [-0.25, -0.2) is 0 Å². The lowest BCUT2D eigenvalue weighted by atomic mass is 9.86. The van der Waals surface area contributed by atoms with Gasteiger partial charge in [0.2, 0.25) is 0 Å².